The smallest absolute Gasteiger partial charge is 0.233 e. The second-order valence-corrected chi connectivity index (χ2v) is 5.26. The fourth-order valence-electron chi connectivity index (χ4n) is 1.13. The third kappa shape index (κ3) is 3.18. The van der Waals surface area contributed by atoms with Crippen LogP contribution in [-0.2, 0) is 0 Å². The van der Waals surface area contributed by atoms with Crippen LogP contribution in [0, 0.1) is 5.82 Å². The lowest BCUT2D eigenvalue weighted by molar-refractivity contribution is 0.457. The van der Waals surface area contributed by atoms with Crippen molar-refractivity contribution >= 4 is 43.5 Å². The maximum Gasteiger partial charge on any atom is 0.233 e. The number of halogens is 4. The minimum Gasteiger partial charge on any atom is -0.438 e. The highest BCUT2D eigenvalue weighted by molar-refractivity contribution is 9.10. The lowest BCUT2D eigenvalue weighted by atomic mass is 10.3. The van der Waals surface area contributed by atoms with E-state index >= 15 is 0 Å². The third-order valence-electron chi connectivity index (χ3n) is 1.88. The first kappa shape index (κ1) is 12.8. The minimum absolute atomic E-state index is 0.333. The standard InChI is InChI=1S/C11H5Br2ClFNO/c12-8-4-7(1-2-10(8)15)17-11-9(13)3-6(14)5-16-11/h1-5H. The molecule has 0 amide bonds. The van der Waals surface area contributed by atoms with Crippen LogP contribution in [0.5, 0.6) is 11.6 Å². The highest BCUT2D eigenvalue weighted by Gasteiger charge is 2.07. The second-order valence-electron chi connectivity index (χ2n) is 3.12. The van der Waals surface area contributed by atoms with Gasteiger partial charge < -0.3 is 4.74 Å². The zero-order chi connectivity index (χ0) is 12.4. The van der Waals surface area contributed by atoms with Gasteiger partial charge in [-0.2, -0.15) is 0 Å². The maximum absolute atomic E-state index is 13.0. The molecule has 0 fully saturated rings. The Kier molecular flexibility index (Phi) is 4.01. The number of ether oxygens (including phenoxy) is 1. The molecule has 2 nitrogen and oxygen atoms in total. The van der Waals surface area contributed by atoms with E-state index in [4.69, 9.17) is 16.3 Å². The minimum atomic E-state index is -0.347. The van der Waals surface area contributed by atoms with Gasteiger partial charge in [0.15, 0.2) is 0 Å². The molecule has 6 heteroatoms. The van der Waals surface area contributed by atoms with E-state index in [2.05, 4.69) is 36.8 Å². The Morgan fingerprint density at radius 3 is 2.59 bits per heavy atom. The first-order valence-electron chi connectivity index (χ1n) is 4.50. The van der Waals surface area contributed by atoms with Gasteiger partial charge in [-0.05, 0) is 56.1 Å². The largest absolute Gasteiger partial charge is 0.438 e. The summed E-state index contributed by atoms with van der Waals surface area (Å²) in [5.41, 5.74) is 0. The molecule has 1 aromatic heterocycles. The van der Waals surface area contributed by atoms with Crippen LogP contribution in [0.2, 0.25) is 5.02 Å². The number of pyridine rings is 1. The van der Waals surface area contributed by atoms with Crippen molar-refractivity contribution < 1.29 is 9.13 Å². The first-order valence-corrected chi connectivity index (χ1v) is 6.46. The molecular weight excluding hydrogens is 376 g/mol. The molecule has 2 aromatic rings. The van der Waals surface area contributed by atoms with Crippen LogP contribution in [0.4, 0.5) is 4.39 Å². The van der Waals surface area contributed by atoms with Crippen LogP contribution >= 0.6 is 43.5 Å². The molecule has 0 N–H and O–H groups in total. The Bertz CT molecular complexity index is 565. The van der Waals surface area contributed by atoms with Crippen LogP contribution in [-0.4, -0.2) is 4.98 Å². The Hall–Kier alpha value is -0.650. The Morgan fingerprint density at radius 2 is 1.94 bits per heavy atom. The summed E-state index contributed by atoms with van der Waals surface area (Å²) in [6, 6.07) is 6.02. The Balaban J connectivity index is 2.28. The molecule has 0 spiro atoms. The van der Waals surface area contributed by atoms with Gasteiger partial charge in [-0.3, -0.25) is 0 Å². The SMILES string of the molecule is Fc1ccc(Oc2ncc(Cl)cc2Br)cc1Br. The van der Waals surface area contributed by atoms with E-state index in [-0.39, 0.29) is 5.82 Å². The molecule has 2 rings (SSSR count). The predicted molar refractivity (Wildman–Crippen MR) is 71.1 cm³/mol. The summed E-state index contributed by atoms with van der Waals surface area (Å²) in [5, 5.41) is 0.504. The van der Waals surface area contributed by atoms with Gasteiger partial charge in [0, 0.05) is 6.20 Å². The summed E-state index contributed by atoms with van der Waals surface area (Å²) in [7, 11) is 0. The number of benzene rings is 1. The van der Waals surface area contributed by atoms with E-state index in [9.17, 15) is 4.39 Å². The highest BCUT2D eigenvalue weighted by atomic mass is 79.9. The van der Waals surface area contributed by atoms with Gasteiger partial charge in [0.25, 0.3) is 0 Å². The number of hydrogen-bond donors (Lipinski definition) is 0. The van der Waals surface area contributed by atoms with Crippen molar-refractivity contribution in [1.82, 2.24) is 4.98 Å². The fourth-order valence-corrected chi connectivity index (χ4v) is 2.21. The molecule has 0 bridgehead atoms. The van der Waals surface area contributed by atoms with Crippen molar-refractivity contribution in [2.75, 3.05) is 0 Å². The summed E-state index contributed by atoms with van der Waals surface area (Å²) < 4.78 is 19.5. The first-order chi connectivity index (χ1) is 8.06. The van der Waals surface area contributed by atoms with E-state index in [1.807, 2.05) is 0 Å². The number of aromatic nitrogens is 1. The number of hydrogen-bond acceptors (Lipinski definition) is 2. The maximum atomic E-state index is 13.0. The van der Waals surface area contributed by atoms with Gasteiger partial charge in [-0.1, -0.05) is 11.6 Å². The predicted octanol–water partition coefficient (Wildman–Crippen LogP) is 5.19. The lowest BCUT2D eigenvalue weighted by Crippen LogP contribution is -1.89. The summed E-state index contributed by atoms with van der Waals surface area (Å²) >= 11 is 12.1. The highest BCUT2D eigenvalue weighted by Crippen LogP contribution is 2.31. The van der Waals surface area contributed by atoms with E-state index in [0.29, 0.717) is 25.6 Å². The molecule has 0 aliphatic carbocycles. The molecule has 0 atom stereocenters. The Morgan fingerprint density at radius 1 is 1.18 bits per heavy atom. The van der Waals surface area contributed by atoms with Crippen molar-refractivity contribution in [3.63, 3.8) is 0 Å². The quantitative estimate of drug-likeness (QED) is 0.714. The van der Waals surface area contributed by atoms with Crippen molar-refractivity contribution in [1.29, 1.82) is 0 Å². The van der Waals surface area contributed by atoms with Crippen molar-refractivity contribution in [3.8, 4) is 11.6 Å². The van der Waals surface area contributed by atoms with Crippen LogP contribution < -0.4 is 4.74 Å². The van der Waals surface area contributed by atoms with Crippen LogP contribution in [0.1, 0.15) is 0 Å². The van der Waals surface area contributed by atoms with Gasteiger partial charge in [-0.25, -0.2) is 9.37 Å². The van der Waals surface area contributed by atoms with Crippen molar-refractivity contribution in [2.24, 2.45) is 0 Å². The van der Waals surface area contributed by atoms with Gasteiger partial charge in [0.1, 0.15) is 11.6 Å². The molecule has 1 aromatic carbocycles. The normalized spacial score (nSPS) is 10.4. The van der Waals surface area contributed by atoms with Crippen molar-refractivity contribution in [2.45, 2.75) is 0 Å². The van der Waals surface area contributed by atoms with Crippen molar-refractivity contribution in [3.05, 3.63) is 50.2 Å². The van der Waals surface area contributed by atoms with E-state index < -0.39 is 0 Å². The average molecular weight is 381 g/mol. The van der Waals surface area contributed by atoms with Gasteiger partial charge in [0.2, 0.25) is 5.88 Å². The topological polar surface area (TPSA) is 22.1 Å². The zero-order valence-corrected chi connectivity index (χ0v) is 12.2. The second kappa shape index (κ2) is 5.33. The van der Waals surface area contributed by atoms with Crippen LogP contribution in [0.25, 0.3) is 0 Å². The van der Waals surface area contributed by atoms with E-state index in [1.165, 1.54) is 24.4 Å². The summed E-state index contributed by atoms with van der Waals surface area (Å²) in [6.07, 6.45) is 1.47. The summed E-state index contributed by atoms with van der Waals surface area (Å²) in [5.74, 6) is 0.502. The zero-order valence-electron chi connectivity index (χ0n) is 8.25. The summed E-state index contributed by atoms with van der Waals surface area (Å²) in [6.45, 7) is 0. The molecular formula is C11H5Br2ClFNO. The number of rotatable bonds is 2. The van der Waals surface area contributed by atoms with Gasteiger partial charge >= 0.3 is 0 Å². The molecule has 1 heterocycles. The fraction of sp³-hybridized carbons (Fsp3) is 0. The molecule has 88 valence electrons. The lowest BCUT2D eigenvalue weighted by Gasteiger charge is -2.07. The molecule has 0 saturated carbocycles. The van der Waals surface area contributed by atoms with Gasteiger partial charge in [-0.15, -0.1) is 0 Å². The third-order valence-corrected chi connectivity index (χ3v) is 3.26. The Labute approximate surface area is 119 Å². The van der Waals surface area contributed by atoms with E-state index in [1.54, 1.807) is 6.07 Å². The van der Waals surface area contributed by atoms with E-state index in [0.717, 1.165) is 0 Å². The monoisotopic (exact) mass is 379 g/mol. The molecule has 0 aliphatic heterocycles. The average Bonchev–Trinajstić information content (AvgIpc) is 2.27. The molecule has 0 unspecified atom stereocenters. The summed E-state index contributed by atoms with van der Waals surface area (Å²) in [4.78, 5) is 4.02. The molecule has 17 heavy (non-hydrogen) atoms. The van der Waals surface area contributed by atoms with Crippen LogP contribution in [0.15, 0.2) is 39.4 Å². The molecule has 0 saturated heterocycles. The number of nitrogens with zero attached hydrogens (tertiary/aromatic N) is 1. The molecule has 0 aliphatic rings. The van der Waals surface area contributed by atoms with Crippen LogP contribution in [0.3, 0.4) is 0 Å². The molecule has 0 radical (unpaired) electrons. The van der Waals surface area contributed by atoms with Gasteiger partial charge in [0.05, 0.1) is 14.0 Å².